The van der Waals surface area contributed by atoms with Crippen molar-refractivity contribution in [2.75, 3.05) is 0 Å². The van der Waals surface area contributed by atoms with E-state index in [1.807, 2.05) is 13.8 Å². The molecule has 0 saturated carbocycles. The van der Waals surface area contributed by atoms with Gasteiger partial charge in [0.25, 0.3) is 0 Å². The fraction of sp³-hybridized carbons (Fsp3) is 0.889. The van der Waals surface area contributed by atoms with E-state index in [0.29, 0.717) is 24.4 Å². The largest absolute Gasteiger partial charge is 0.300 e. The summed E-state index contributed by atoms with van der Waals surface area (Å²) in [6, 6.07) is 0. The lowest BCUT2D eigenvalue weighted by Crippen LogP contribution is -2.19. The highest BCUT2D eigenvalue weighted by Crippen LogP contribution is 2.17. The summed E-state index contributed by atoms with van der Waals surface area (Å²) in [6.45, 7) is 12.3. The zero-order valence-corrected chi connectivity index (χ0v) is 14.6. The van der Waals surface area contributed by atoms with Gasteiger partial charge in [-0.25, -0.2) is 0 Å². The molecule has 0 heterocycles. The van der Waals surface area contributed by atoms with Crippen molar-refractivity contribution in [3.05, 3.63) is 0 Å². The molecule has 20 heavy (non-hydrogen) atoms. The van der Waals surface area contributed by atoms with Crippen molar-refractivity contribution >= 4 is 11.6 Å². The fourth-order valence-electron chi connectivity index (χ4n) is 2.04. The van der Waals surface area contributed by atoms with E-state index in [9.17, 15) is 9.59 Å². The monoisotopic (exact) mass is 284 g/mol. The maximum atomic E-state index is 11.9. The van der Waals surface area contributed by atoms with Crippen LogP contribution in [0.4, 0.5) is 0 Å². The van der Waals surface area contributed by atoms with Gasteiger partial charge in [-0.2, -0.15) is 0 Å². The lowest BCUT2D eigenvalue weighted by molar-refractivity contribution is -0.126. The van der Waals surface area contributed by atoms with Gasteiger partial charge in [0, 0.05) is 24.7 Å². The van der Waals surface area contributed by atoms with E-state index in [1.54, 1.807) is 0 Å². The van der Waals surface area contributed by atoms with Gasteiger partial charge < -0.3 is 0 Å². The van der Waals surface area contributed by atoms with Crippen LogP contribution in [0.15, 0.2) is 0 Å². The molecule has 2 heteroatoms. The first-order valence-corrected chi connectivity index (χ1v) is 8.49. The predicted octanol–water partition coefficient (Wildman–Crippen LogP) is 5.58. The molecule has 0 amide bonds. The molecule has 0 spiro atoms. The van der Waals surface area contributed by atoms with Crippen molar-refractivity contribution < 1.29 is 9.59 Å². The third kappa shape index (κ3) is 12.4. The van der Waals surface area contributed by atoms with Crippen molar-refractivity contribution in [2.24, 2.45) is 11.8 Å². The summed E-state index contributed by atoms with van der Waals surface area (Å²) in [5.74, 6) is 1.38. The third-order valence-corrected chi connectivity index (χ3v) is 3.74. The van der Waals surface area contributed by atoms with Crippen LogP contribution in [0.2, 0.25) is 0 Å². The van der Waals surface area contributed by atoms with Gasteiger partial charge in [-0.3, -0.25) is 9.59 Å². The van der Waals surface area contributed by atoms with E-state index in [4.69, 9.17) is 0 Å². The van der Waals surface area contributed by atoms with Gasteiger partial charge in [0.1, 0.15) is 11.6 Å². The molecule has 0 bridgehead atoms. The molecule has 2 nitrogen and oxygen atoms in total. The first-order chi connectivity index (χ1) is 9.44. The van der Waals surface area contributed by atoms with E-state index in [1.165, 1.54) is 25.7 Å². The van der Waals surface area contributed by atoms with Crippen LogP contribution in [0.1, 0.15) is 92.9 Å². The summed E-state index contributed by atoms with van der Waals surface area (Å²) in [7, 11) is 0. The van der Waals surface area contributed by atoms with E-state index in [2.05, 4.69) is 27.7 Å². The Kier molecular flexibility index (Phi) is 15.9. The topological polar surface area (TPSA) is 34.1 Å². The highest BCUT2D eigenvalue weighted by molar-refractivity contribution is 5.82. The summed E-state index contributed by atoms with van der Waals surface area (Å²) < 4.78 is 0. The lowest BCUT2D eigenvalue weighted by Gasteiger charge is -2.15. The molecular weight excluding hydrogens is 248 g/mol. The van der Waals surface area contributed by atoms with Crippen molar-refractivity contribution in [1.29, 1.82) is 0 Å². The van der Waals surface area contributed by atoms with Gasteiger partial charge in [-0.15, -0.1) is 0 Å². The maximum absolute atomic E-state index is 11.9. The molecule has 0 radical (unpaired) electrons. The number of rotatable bonds is 10. The standard InChI is InChI=1S/C13H26O.C5H10O/c1-5-7-9-11(3)13(14)12(4)10-8-6-2;1-3-5(6)4-2/h11-12H,5-10H2,1-4H3;3-4H2,1-2H3. The second-order valence-corrected chi connectivity index (χ2v) is 5.73. The lowest BCUT2D eigenvalue weighted by atomic mass is 9.88. The Bertz CT molecular complexity index is 224. The summed E-state index contributed by atoms with van der Waals surface area (Å²) >= 11 is 0. The Morgan fingerprint density at radius 1 is 0.750 bits per heavy atom. The van der Waals surface area contributed by atoms with E-state index < -0.39 is 0 Å². The second kappa shape index (κ2) is 14.7. The van der Waals surface area contributed by atoms with Gasteiger partial charge in [0.2, 0.25) is 0 Å². The van der Waals surface area contributed by atoms with E-state index >= 15 is 0 Å². The van der Waals surface area contributed by atoms with E-state index in [-0.39, 0.29) is 11.8 Å². The second-order valence-electron chi connectivity index (χ2n) is 5.73. The third-order valence-electron chi connectivity index (χ3n) is 3.74. The quantitative estimate of drug-likeness (QED) is 0.524. The van der Waals surface area contributed by atoms with Crippen LogP contribution < -0.4 is 0 Å². The van der Waals surface area contributed by atoms with E-state index in [0.717, 1.165) is 12.8 Å². The van der Waals surface area contributed by atoms with Crippen molar-refractivity contribution in [2.45, 2.75) is 92.9 Å². The van der Waals surface area contributed by atoms with Gasteiger partial charge in [-0.1, -0.05) is 67.2 Å². The Hall–Kier alpha value is -0.660. The number of ketones is 2. The molecule has 0 aromatic carbocycles. The molecule has 0 aliphatic heterocycles. The first kappa shape index (κ1) is 21.6. The Labute approximate surface area is 126 Å². The highest BCUT2D eigenvalue weighted by Gasteiger charge is 2.18. The summed E-state index contributed by atoms with van der Waals surface area (Å²) in [4.78, 5) is 22.0. The average molecular weight is 284 g/mol. The normalized spacial score (nSPS) is 13.1. The molecule has 2 atom stereocenters. The van der Waals surface area contributed by atoms with Gasteiger partial charge in [0.15, 0.2) is 0 Å². The summed E-state index contributed by atoms with van der Waals surface area (Å²) in [5.41, 5.74) is 0. The van der Waals surface area contributed by atoms with Crippen LogP contribution in [0.25, 0.3) is 0 Å². The van der Waals surface area contributed by atoms with Crippen LogP contribution in [0, 0.1) is 11.8 Å². The molecule has 2 unspecified atom stereocenters. The van der Waals surface area contributed by atoms with Crippen molar-refractivity contribution in [3.8, 4) is 0 Å². The summed E-state index contributed by atoms with van der Waals surface area (Å²) in [6.07, 6.45) is 8.30. The van der Waals surface area contributed by atoms with Crippen LogP contribution >= 0.6 is 0 Å². The summed E-state index contributed by atoms with van der Waals surface area (Å²) in [5, 5.41) is 0. The van der Waals surface area contributed by atoms with Crippen molar-refractivity contribution in [1.82, 2.24) is 0 Å². The number of carbonyl (C=O) groups excluding carboxylic acids is 2. The Balaban J connectivity index is 0. The van der Waals surface area contributed by atoms with Gasteiger partial charge in [0.05, 0.1) is 0 Å². The number of hydrogen-bond acceptors (Lipinski definition) is 2. The molecule has 0 aliphatic carbocycles. The van der Waals surface area contributed by atoms with Crippen LogP contribution in [0.5, 0.6) is 0 Å². The zero-order valence-electron chi connectivity index (χ0n) is 14.6. The highest BCUT2D eigenvalue weighted by atomic mass is 16.1. The SMILES string of the molecule is CCC(=O)CC.CCCCC(C)C(=O)C(C)CCCC. The zero-order chi connectivity index (χ0) is 16.0. The number of carbonyl (C=O) groups is 2. The Morgan fingerprint density at radius 2 is 1.10 bits per heavy atom. The molecular formula is C18H36O2. The number of unbranched alkanes of at least 4 members (excludes halogenated alkanes) is 2. The fourth-order valence-corrected chi connectivity index (χ4v) is 2.04. The molecule has 0 N–H and O–H groups in total. The van der Waals surface area contributed by atoms with Gasteiger partial charge in [-0.05, 0) is 12.8 Å². The average Bonchev–Trinajstić information content (AvgIpc) is 2.48. The molecule has 0 fully saturated rings. The van der Waals surface area contributed by atoms with Gasteiger partial charge >= 0.3 is 0 Å². The predicted molar refractivity (Wildman–Crippen MR) is 88.0 cm³/mol. The maximum Gasteiger partial charge on any atom is 0.138 e. The van der Waals surface area contributed by atoms with Crippen LogP contribution in [0.3, 0.4) is 0 Å². The van der Waals surface area contributed by atoms with Crippen LogP contribution in [-0.4, -0.2) is 11.6 Å². The molecule has 0 saturated heterocycles. The molecule has 0 aromatic heterocycles. The van der Waals surface area contributed by atoms with Crippen LogP contribution in [-0.2, 0) is 9.59 Å². The first-order valence-electron chi connectivity index (χ1n) is 8.49. The minimum atomic E-state index is 0.279. The molecule has 0 rings (SSSR count). The number of Topliss-reactive ketones (excluding diaryl/α,β-unsaturated/α-hetero) is 2. The molecule has 120 valence electrons. The Morgan fingerprint density at radius 3 is 1.30 bits per heavy atom. The molecule has 0 aliphatic rings. The minimum absolute atomic E-state index is 0.279. The smallest absolute Gasteiger partial charge is 0.138 e. The number of hydrogen-bond donors (Lipinski definition) is 0. The minimum Gasteiger partial charge on any atom is -0.300 e. The molecule has 0 aromatic rings. The van der Waals surface area contributed by atoms with Crippen molar-refractivity contribution in [3.63, 3.8) is 0 Å².